The van der Waals surface area contributed by atoms with Gasteiger partial charge in [0.15, 0.2) is 12.2 Å². The Labute approximate surface area is 645 Å². The summed E-state index contributed by atoms with van der Waals surface area (Å²) in [7, 11) is -9.93. The van der Waals surface area contributed by atoms with Gasteiger partial charge >= 0.3 is 39.5 Å². The Morgan fingerprint density at radius 1 is 0.238 bits per heavy atom. The standard InChI is InChI=1S/C86H168O17P2/c1-76(2)62-54-46-38-31-25-19-14-11-9-10-12-16-23-29-35-43-52-60-68-85(90)102-81(72-96-83(88)66-58-50-42-34-28-22-17-13-15-20-26-32-39-47-55-63-77(3)4)74-100-104(92,93)98-70-80(87)71-99-105(94,95)101-75-82(73-97-84(89)67-59-51-45-37-41-49-57-65-79(7)8)103-86(91)69-61-53-44-36-30-24-18-21-27-33-40-48-56-64-78(5)6/h76-82,87H,9-75H2,1-8H3,(H,92,93)(H,94,95)/t80?,81-,82-/m1/s1. The number of aliphatic hydroxyl groups excluding tert-OH is 1. The van der Waals surface area contributed by atoms with Crippen molar-refractivity contribution in [3.8, 4) is 0 Å². The van der Waals surface area contributed by atoms with Gasteiger partial charge in [0.05, 0.1) is 26.4 Å². The largest absolute Gasteiger partial charge is 0.472 e. The fourth-order valence-corrected chi connectivity index (χ4v) is 14.9. The van der Waals surface area contributed by atoms with Gasteiger partial charge in [0.1, 0.15) is 19.3 Å². The number of phosphoric acid groups is 2. The van der Waals surface area contributed by atoms with Gasteiger partial charge in [-0.1, -0.05) is 396 Å². The van der Waals surface area contributed by atoms with Gasteiger partial charge < -0.3 is 33.8 Å². The van der Waals surface area contributed by atoms with Crippen molar-refractivity contribution < 1.29 is 80.2 Å². The number of hydrogen-bond donors (Lipinski definition) is 3. The SMILES string of the molecule is CC(C)CCCCCCCCCCCCCCCCCCCCC(=O)O[C@H](COC(=O)CCCCCCCCCCCCCCCCCC(C)C)COP(=O)(O)OCC(O)COP(=O)(O)OC[C@@H](COC(=O)CCCCCCCCCC(C)C)OC(=O)CCCCCCCCCCCCCCCC(C)C. The lowest BCUT2D eigenvalue weighted by molar-refractivity contribution is -0.161. The van der Waals surface area contributed by atoms with Crippen LogP contribution in [0.1, 0.15) is 447 Å². The summed E-state index contributed by atoms with van der Waals surface area (Å²) in [6.07, 6.45) is 64.0. The topological polar surface area (TPSA) is 237 Å². The lowest BCUT2D eigenvalue weighted by Crippen LogP contribution is -2.30. The summed E-state index contributed by atoms with van der Waals surface area (Å²) >= 11 is 0. The second-order valence-corrected chi connectivity index (χ2v) is 35.7. The summed E-state index contributed by atoms with van der Waals surface area (Å²) < 4.78 is 68.9. The van der Waals surface area contributed by atoms with Gasteiger partial charge in [-0.15, -0.1) is 0 Å². The summed E-state index contributed by atoms with van der Waals surface area (Å²) in [6.45, 7) is 14.3. The van der Waals surface area contributed by atoms with E-state index in [0.29, 0.717) is 31.6 Å². The molecule has 0 saturated heterocycles. The molecule has 0 fully saturated rings. The van der Waals surface area contributed by atoms with Crippen molar-refractivity contribution in [1.29, 1.82) is 0 Å². The lowest BCUT2D eigenvalue weighted by atomic mass is 10.0. The van der Waals surface area contributed by atoms with Crippen molar-refractivity contribution in [1.82, 2.24) is 0 Å². The van der Waals surface area contributed by atoms with Gasteiger partial charge in [0.25, 0.3) is 0 Å². The maximum atomic E-state index is 13.1. The summed E-state index contributed by atoms with van der Waals surface area (Å²) in [5.74, 6) is 1.01. The van der Waals surface area contributed by atoms with Gasteiger partial charge in [-0.25, -0.2) is 9.13 Å². The van der Waals surface area contributed by atoms with Crippen LogP contribution in [0.3, 0.4) is 0 Å². The van der Waals surface area contributed by atoms with E-state index in [9.17, 15) is 43.2 Å². The molecule has 105 heavy (non-hydrogen) atoms. The van der Waals surface area contributed by atoms with E-state index in [1.165, 1.54) is 244 Å². The van der Waals surface area contributed by atoms with Crippen molar-refractivity contribution in [2.24, 2.45) is 23.7 Å². The molecule has 0 aromatic rings. The van der Waals surface area contributed by atoms with E-state index in [2.05, 4.69) is 55.4 Å². The molecule has 3 unspecified atom stereocenters. The van der Waals surface area contributed by atoms with Crippen LogP contribution in [-0.4, -0.2) is 96.7 Å². The van der Waals surface area contributed by atoms with Crippen LogP contribution in [0.15, 0.2) is 0 Å². The predicted molar refractivity (Wildman–Crippen MR) is 432 cm³/mol. The molecule has 0 saturated carbocycles. The fourth-order valence-electron chi connectivity index (χ4n) is 13.3. The number of phosphoric ester groups is 2. The predicted octanol–water partition coefficient (Wildman–Crippen LogP) is 25.9. The Hall–Kier alpha value is -1.94. The van der Waals surface area contributed by atoms with Crippen LogP contribution in [0, 0.1) is 23.7 Å². The molecule has 17 nitrogen and oxygen atoms in total. The average Bonchev–Trinajstić information content (AvgIpc) is 0.907. The molecule has 0 aliphatic carbocycles. The molecule has 0 radical (unpaired) electrons. The minimum atomic E-state index is -4.97. The first-order valence-corrected chi connectivity index (χ1v) is 47.2. The zero-order valence-electron chi connectivity index (χ0n) is 69.4. The maximum absolute atomic E-state index is 13.1. The number of carbonyl (C=O) groups is 4. The second kappa shape index (κ2) is 74.8. The van der Waals surface area contributed by atoms with Crippen LogP contribution < -0.4 is 0 Å². The van der Waals surface area contributed by atoms with Gasteiger partial charge in [-0.05, 0) is 49.4 Å². The number of carbonyl (C=O) groups excluding carboxylic acids is 4. The number of ether oxygens (including phenoxy) is 4. The molecule has 0 aromatic heterocycles. The second-order valence-electron chi connectivity index (χ2n) is 32.8. The zero-order chi connectivity index (χ0) is 77.4. The lowest BCUT2D eigenvalue weighted by Gasteiger charge is -2.21. The first kappa shape index (κ1) is 103. The summed E-state index contributed by atoms with van der Waals surface area (Å²) in [5.41, 5.74) is 0. The van der Waals surface area contributed by atoms with Crippen LogP contribution in [0.5, 0.6) is 0 Å². The molecule has 0 aliphatic heterocycles. The highest BCUT2D eigenvalue weighted by Crippen LogP contribution is 2.45. The van der Waals surface area contributed by atoms with E-state index in [1.54, 1.807) is 0 Å². The third-order valence-electron chi connectivity index (χ3n) is 20.1. The molecule has 0 spiro atoms. The molecular formula is C86H168O17P2. The quantitative estimate of drug-likeness (QED) is 0.0222. The minimum absolute atomic E-state index is 0.106. The van der Waals surface area contributed by atoms with E-state index < -0.39 is 97.5 Å². The van der Waals surface area contributed by atoms with Crippen LogP contribution >= 0.6 is 15.6 Å². The molecule has 624 valence electrons. The van der Waals surface area contributed by atoms with Crippen molar-refractivity contribution in [3.05, 3.63) is 0 Å². The number of esters is 4. The first-order valence-electron chi connectivity index (χ1n) is 44.2. The highest BCUT2D eigenvalue weighted by Gasteiger charge is 2.30. The zero-order valence-corrected chi connectivity index (χ0v) is 71.2. The fraction of sp³-hybridized carbons (Fsp3) is 0.953. The molecular weight excluding hydrogens is 1370 g/mol. The van der Waals surface area contributed by atoms with Crippen molar-refractivity contribution >= 4 is 39.5 Å². The highest BCUT2D eigenvalue weighted by atomic mass is 31.2. The molecule has 0 aromatic carbocycles. The van der Waals surface area contributed by atoms with Crippen molar-refractivity contribution in [3.63, 3.8) is 0 Å². The van der Waals surface area contributed by atoms with Gasteiger partial charge in [0, 0.05) is 25.7 Å². The van der Waals surface area contributed by atoms with E-state index >= 15 is 0 Å². The molecule has 0 bridgehead atoms. The van der Waals surface area contributed by atoms with Crippen LogP contribution in [-0.2, 0) is 65.4 Å². The normalized spacial score (nSPS) is 13.9. The molecule has 19 heteroatoms. The van der Waals surface area contributed by atoms with Crippen molar-refractivity contribution in [2.45, 2.75) is 465 Å². The third-order valence-corrected chi connectivity index (χ3v) is 22.0. The molecule has 0 heterocycles. The Morgan fingerprint density at radius 2 is 0.400 bits per heavy atom. The van der Waals surface area contributed by atoms with E-state index in [0.717, 1.165) is 114 Å². The summed E-state index contributed by atoms with van der Waals surface area (Å²) in [6, 6.07) is 0. The van der Waals surface area contributed by atoms with E-state index in [4.69, 9.17) is 37.0 Å². The summed E-state index contributed by atoms with van der Waals surface area (Å²) in [5, 5.41) is 10.7. The molecule has 0 rings (SSSR count). The molecule has 5 atom stereocenters. The van der Waals surface area contributed by atoms with Crippen molar-refractivity contribution in [2.75, 3.05) is 39.6 Å². The first-order chi connectivity index (χ1) is 50.6. The number of rotatable bonds is 83. The Bertz CT molecular complexity index is 2040. The number of unbranched alkanes of at least 4 members (excludes halogenated alkanes) is 49. The monoisotopic (exact) mass is 1540 g/mol. The Balaban J connectivity index is 5.23. The Kier molecular flexibility index (Phi) is 73.4. The van der Waals surface area contributed by atoms with Crippen LogP contribution in [0.4, 0.5) is 0 Å². The minimum Gasteiger partial charge on any atom is -0.462 e. The molecule has 0 aliphatic rings. The van der Waals surface area contributed by atoms with Gasteiger partial charge in [0.2, 0.25) is 0 Å². The van der Waals surface area contributed by atoms with E-state index in [-0.39, 0.29) is 25.7 Å². The maximum Gasteiger partial charge on any atom is 0.472 e. The van der Waals surface area contributed by atoms with Crippen LogP contribution in [0.2, 0.25) is 0 Å². The molecule has 3 N–H and O–H groups in total. The number of aliphatic hydroxyl groups is 1. The highest BCUT2D eigenvalue weighted by molar-refractivity contribution is 7.47. The van der Waals surface area contributed by atoms with Gasteiger partial charge in [-0.2, -0.15) is 0 Å². The smallest absolute Gasteiger partial charge is 0.462 e. The van der Waals surface area contributed by atoms with Crippen LogP contribution in [0.25, 0.3) is 0 Å². The van der Waals surface area contributed by atoms with Gasteiger partial charge in [-0.3, -0.25) is 37.3 Å². The number of hydrogen-bond acceptors (Lipinski definition) is 15. The van der Waals surface area contributed by atoms with E-state index in [1.807, 2.05) is 0 Å². The molecule has 0 amide bonds. The average molecular weight is 1540 g/mol. The third kappa shape index (κ3) is 79.9. The summed E-state index contributed by atoms with van der Waals surface area (Å²) in [4.78, 5) is 73.2. The Morgan fingerprint density at radius 3 is 0.590 bits per heavy atom.